The standard InChI is InChI=1S/C6H6ClN/c1-5(4-8)3-6(2)7/h3H,1H2,2H3. The Morgan fingerprint density at radius 3 is 2.50 bits per heavy atom. The Bertz CT molecular complexity index is 158. The fourth-order valence-corrected chi connectivity index (χ4v) is 0.404. The van der Waals surface area contributed by atoms with E-state index in [0.717, 1.165) is 0 Å². The van der Waals surface area contributed by atoms with Crippen LogP contribution in [0.3, 0.4) is 0 Å². The van der Waals surface area contributed by atoms with Crippen molar-refractivity contribution in [2.45, 2.75) is 6.92 Å². The second-order valence-electron chi connectivity index (χ2n) is 1.37. The second-order valence-corrected chi connectivity index (χ2v) is 1.96. The van der Waals surface area contributed by atoms with Gasteiger partial charge in [0, 0.05) is 10.6 Å². The molecule has 0 saturated carbocycles. The molecule has 0 atom stereocenters. The van der Waals surface area contributed by atoms with Crippen LogP contribution in [0.5, 0.6) is 0 Å². The van der Waals surface area contributed by atoms with Gasteiger partial charge in [-0.1, -0.05) is 18.2 Å². The molecule has 0 aromatic rings. The summed E-state index contributed by atoms with van der Waals surface area (Å²) in [6.45, 7) is 5.09. The van der Waals surface area contributed by atoms with Crippen LogP contribution in [-0.2, 0) is 0 Å². The molecular formula is C6H6ClN. The van der Waals surface area contributed by atoms with Gasteiger partial charge in [-0.15, -0.1) is 0 Å². The third kappa shape index (κ3) is 3.45. The number of nitrogens with zero attached hydrogens (tertiary/aromatic N) is 1. The lowest BCUT2D eigenvalue weighted by molar-refractivity contribution is 1.49. The average Bonchev–Trinajstić information content (AvgIpc) is 1.65. The maximum Gasteiger partial charge on any atom is 0.0985 e. The summed E-state index contributed by atoms with van der Waals surface area (Å²) in [4.78, 5) is 0. The van der Waals surface area contributed by atoms with Gasteiger partial charge in [0.25, 0.3) is 0 Å². The van der Waals surface area contributed by atoms with E-state index >= 15 is 0 Å². The zero-order valence-electron chi connectivity index (χ0n) is 4.61. The van der Waals surface area contributed by atoms with Gasteiger partial charge in [-0.05, 0) is 13.0 Å². The van der Waals surface area contributed by atoms with Gasteiger partial charge in [-0.2, -0.15) is 5.26 Å². The molecule has 8 heavy (non-hydrogen) atoms. The minimum atomic E-state index is 0.387. The van der Waals surface area contributed by atoms with E-state index in [1.54, 1.807) is 6.92 Å². The van der Waals surface area contributed by atoms with Crippen molar-refractivity contribution in [3.8, 4) is 6.07 Å². The first kappa shape index (κ1) is 7.26. The van der Waals surface area contributed by atoms with Crippen LogP contribution in [0.15, 0.2) is 23.3 Å². The third-order valence-electron chi connectivity index (χ3n) is 0.517. The van der Waals surface area contributed by atoms with Crippen LogP contribution in [0.4, 0.5) is 0 Å². The van der Waals surface area contributed by atoms with E-state index in [9.17, 15) is 0 Å². The Labute approximate surface area is 53.9 Å². The molecule has 0 spiro atoms. The molecule has 0 aliphatic heterocycles. The summed E-state index contributed by atoms with van der Waals surface area (Å²) in [6.07, 6.45) is 1.52. The first-order valence-electron chi connectivity index (χ1n) is 2.09. The van der Waals surface area contributed by atoms with Crippen molar-refractivity contribution in [2.24, 2.45) is 0 Å². The minimum absolute atomic E-state index is 0.387. The molecule has 2 heteroatoms. The summed E-state index contributed by atoms with van der Waals surface area (Å²) < 4.78 is 0. The molecule has 0 unspecified atom stereocenters. The van der Waals surface area contributed by atoms with E-state index in [4.69, 9.17) is 16.9 Å². The molecule has 0 aromatic heterocycles. The van der Waals surface area contributed by atoms with E-state index in [1.165, 1.54) is 6.08 Å². The predicted molar refractivity (Wildman–Crippen MR) is 34.4 cm³/mol. The molecule has 0 aromatic carbocycles. The molecule has 0 amide bonds. The quantitative estimate of drug-likeness (QED) is 0.391. The van der Waals surface area contributed by atoms with Gasteiger partial charge in [0.1, 0.15) is 0 Å². The molecule has 0 aliphatic rings. The molecule has 42 valence electrons. The van der Waals surface area contributed by atoms with Gasteiger partial charge in [-0.25, -0.2) is 0 Å². The van der Waals surface area contributed by atoms with E-state index in [0.29, 0.717) is 10.6 Å². The Morgan fingerprint density at radius 1 is 1.88 bits per heavy atom. The van der Waals surface area contributed by atoms with E-state index in [2.05, 4.69) is 6.58 Å². The highest BCUT2D eigenvalue weighted by molar-refractivity contribution is 6.29. The van der Waals surface area contributed by atoms with Crippen molar-refractivity contribution in [1.29, 1.82) is 5.26 Å². The van der Waals surface area contributed by atoms with Crippen molar-refractivity contribution in [2.75, 3.05) is 0 Å². The SMILES string of the molecule is C=C(C#N)C=C(C)Cl. The number of allylic oxidation sites excluding steroid dienone is 3. The Balaban J connectivity index is 3.95. The van der Waals surface area contributed by atoms with Crippen LogP contribution in [0.1, 0.15) is 6.92 Å². The summed E-state index contributed by atoms with van der Waals surface area (Å²) >= 11 is 5.40. The molecule has 0 aliphatic carbocycles. The molecule has 0 fully saturated rings. The first-order chi connectivity index (χ1) is 3.66. The zero-order chi connectivity index (χ0) is 6.57. The summed E-state index contributed by atoms with van der Waals surface area (Å²) in [5.74, 6) is 0. The van der Waals surface area contributed by atoms with E-state index in [-0.39, 0.29) is 0 Å². The summed E-state index contributed by atoms with van der Waals surface area (Å²) in [7, 11) is 0. The Morgan fingerprint density at radius 2 is 2.38 bits per heavy atom. The maximum atomic E-state index is 8.13. The molecule has 0 heterocycles. The lowest BCUT2D eigenvalue weighted by Crippen LogP contribution is -1.65. The third-order valence-corrected chi connectivity index (χ3v) is 0.626. The van der Waals surface area contributed by atoms with Gasteiger partial charge < -0.3 is 0 Å². The Hall–Kier alpha value is -0.740. The topological polar surface area (TPSA) is 23.8 Å². The monoisotopic (exact) mass is 127 g/mol. The van der Waals surface area contributed by atoms with Gasteiger partial charge >= 0.3 is 0 Å². The van der Waals surface area contributed by atoms with Crippen molar-refractivity contribution >= 4 is 11.6 Å². The highest BCUT2D eigenvalue weighted by Crippen LogP contribution is 2.01. The Kier molecular flexibility index (Phi) is 2.98. The fourth-order valence-electron chi connectivity index (χ4n) is 0.272. The molecule has 1 nitrogen and oxygen atoms in total. The summed E-state index contributed by atoms with van der Waals surface area (Å²) in [6, 6.07) is 1.84. The van der Waals surface area contributed by atoms with Gasteiger partial charge in [0.15, 0.2) is 0 Å². The lowest BCUT2D eigenvalue weighted by Gasteiger charge is -1.80. The molecule has 0 rings (SSSR count). The number of hydrogen-bond acceptors (Lipinski definition) is 1. The van der Waals surface area contributed by atoms with E-state index in [1.807, 2.05) is 6.07 Å². The largest absolute Gasteiger partial charge is 0.192 e. The van der Waals surface area contributed by atoms with Crippen LogP contribution in [0.25, 0.3) is 0 Å². The smallest absolute Gasteiger partial charge is 0.0985 e. The highest BCUT2D eigenvalue weighted by atomic mass is 35.5. The van der Waals surface area contributed by atoms with Crippen LogP contribution < -0.4 is 0 Å². The molecule has 0 N–H and O–H groups in total. The van der Waals surface area contributed by atoms with Crippen LogP contribution >= 0.6 is 11.6 Å². The van der Waals surface area contributed by atoms with Crippen molar-refractivity contribution < 1.29 is 0 Å². The van der Waals surface area contributed by atoms with E-state index < -0.39 is 0 Å². The number of nitriles is 1. The minimum Gasteiger partial charge on any atom is -0.192 e. The van der Waals surface area contributed by atoms with Gasteiger partial charge in [0.2, 0.25) is 0 Å². The molecule has 0 radical (unpaired) electrons. The molecule has 0 saturated heterocycles. The number of halogens is 1. The van der Waals surface area contributed by atoms with Crippen LogP contribution in [0, 0.1) is 11.3 Å². The molecular weight excluding hydrogens is 122 g/mol. The van der Waals surface area contributed by atoms with Gasteiger partial charge in [0.05, 0.1) is 6.07 Å². The molecule has 0 bridgehead atoms. The maximum absolute atomic E-state index is 8.13. The summed E-state index contributed by atoms with van der Waals surface area (Å²) in [5, 5.41) is 8.71. The highest BCUT2D eigenvalue weighted by Gasteiger charge is 1.82. The van der Waals surface area contributed by atoms with Crippen LogP contribution in [0.2, 0.25) is 0 Å². The number of rotatable bonds is 1. The van der Waals surface area contributed by atoms with Gasteiger partial charge in [-0.3, -0.25) is 0 Å². The normalized spacial score (nSPS) is 10.4. The number of hydrogen-bond donors (Lipinski definition) is 0. The first-order valence-corrected chi connectivity index (χ1v) is 2.47. The second kappa shape index (κ2) is 3.29. The van der Waals surface area contributed by atoms with Crippen molar-refractivity contribution in [3.63, 3.8) is 0 Å². The van der Waals surface area contributed by atoms with Crippen molar-refractivity contribution in [1.82, 2.24) is 0 Å². The average molecular weight is 128 g/mol. The predicted octanol–water partition coefficient (Wildman–Crippen LogP) is 2.21. The van der Waals surface area contributed by atoms with Crippen molar-refractivity contribution in [3.05, 3.63) is 23.3 Å². The zero-order valence-corrected chi connectivity index (χ0v) is 5.37. The lowest BCUT2D eigenvalue weighted by atomic mass is 10.3. The summed E-state index contributed by atoms with van der Waals surface area (Å²) in [5.41, 5.74) is 0.387. The fraction of sp³-hybridized carbons (Fsp3) is 0.167. The van der Waals surface area contributed by atoms with Crippen LogP contribution in [-0.4, -0.2) is 0 Å².